The highest BCUT2D eigenvalue weighted by Gasteiger charge is 2.35. The lowest BCUT2D eigenvalue weighted by Crippen LogP contribution is -2.37. The Morgan fingerprint density at radius 3 is 2.81 bits per heavy atom. The highest BCUT2D eigenvalue weighted by Crippen LogP contribution is 2.38. The van der Waals surface area contributed by atoms with E-state index in [1.54, 1.807) is 0 Å². The van der Waals surface area contributed by atoms with E-state index in [-0.39, 0.29) is 5.84 Å². The smallest absolute Gasteiger partial charge is 0.174 e. The van der Waals surface area contributed by atoms with Gasteiger partial charge in [0.25, 0.3) is 0 Å². The number of rotatable bonds is 3. The zero-order valence-electron chi connectivity index (χ0n) is 12.6. The number of nitrogens with two attached hydrogens (primary N) is 1. The van der Waals surface area contributed by atoms with Gasteiger partial charge in [0.2, 0.25) is 0 Å². The van der Waals surface area contributed by atoms with Gasteiger partial charge in [-0.25, -0.2) is 4.98 Å². The minimum absolute atomic E-state index is 0.160. The van der Waals surface area contributed by atoms with Crippen LogP contribution < -0.4 is 10.6 Å². The Bertz CT molecular complexity index is 537. The van der Waals surface area contributed by atoms with Crippen molar-refractivity contribution in [2.75, 3.05) is 11.4 Å². The number of oxime groups is 1. The van der Waals surface area contributed by atoms with Crippen molar-refractivity contribution in [3.63, 3.8) is 0 Å². The van der Waals surface area contributed by atoms with Gasteiger partial charge in [0.1, 0.15) is 5.82 Å². The molecule has 1 aromatic heterocycles. The number of hydrogen-bond donors (Lipinski definition) is 2. The first-order valence-electron chi connectivity index (χ1n) is 7.92. The fourth-order valence-corrected chi connectivity index (χ4v) is 4.02. The molecule has 0 spiro atoms. The van der Waals surface area contributed by atoms with Gasteiger partial charge in [-0.2, -0.15) is 0 Å². The fourth-order valence-electron chi connectivity index (χ4n) is 4.02. The number of nitrogens with zero attached hydrogens (tertiary/aromatic N) is 3. The summed E-state index contributed by atoms with van der Waals surface area (Å²) in [6.07, 6.45) is 9.61. The zero-order chi connectivity index (χ0) is 14.8. The van der Waals surface area contributed by atoms with E-state index in [0.29, 0.717) is 6.04 Å². The number of pyridine rings is 1. The van der Waals surface area contributed by atoms with E-state index < -0.39 is 0 Å². The van der Waals surface area contributed by atoms with E-state index >= 15 is 0 Å². The molecule has 1 unspecified atom stereocenters. The van der Waals surface area contributed by atoms with E-state index in [1.807, 2.05) is 19.2 Å². The lowest BCUT2D eigenvalue weighted by Gasteiger charge is -2.32. The minimum atomic E-state index is 0.160. The fraction of sp³-hybridized carbons (Fsp3) is 0.625. The van der Waals surface area contributed by atoms with Crippen LogP contribution in [0.15, 0.2) is 17.4 Å². The maximum Gasteiger partial charge on any atom is 0.174 e. The third kappa shape index (κ3) is 2.57. The number of hydrogen-bond acceptors (Lipinski definition) is 4. The molecule has 2 heterocycles. The van der Waals surface area contributed by atoms with Crippen LogP contribution in [0.3, 0.4) is 0 Å². The maximum absolute atomic E-state index is 9.07. The minimum Gasteiger partial charge on any atom is -0.409 e. The first-order valence-corrected chi connectivity index (χ1v) is 7.92. The summed E-state index contributed by atoms with van der Waals surface area (Å²) in [5, 5.41) is 12.3. The van der Waals surface area contributed by atoms with Gasteiger partial charge in [-0.15, -0.1) is 0 Å². The summed E-state index contributed by atoms with van der Waals surface area (Å²) in [7, 11) is 0. The van der Waals surface area contributed by atoms with Gasteiger partial charge in [0.05, 0.1) is 5.56 Å². The van der Waals surface area contributed by atoms with Gasteiger partial charge in [-0.3, -0.25) is 0 Å². The van der Waals surface area contributed by atoms with Crippen molar-refractivity contribution in [1.29, 1.82) is 0 Å². The molecule has 0 radical (unpaired) electrons. The normalized spacial score (nSPS) is 24.0. The topological polar surface area (TPSA) is 74.7 Å². The lowest BCUT2D eigenvalue weighted by atomic mass is 9.95. The van der Waals surface area contributed by atoms with Gasteiger partial charge in [-0.05, 0) is 50.2 Å². The molecule has 2 aliphatic rings. The molecule has 1 aliphatic carbocycles. The highest BCUT2D eigenvalue weighted by atomic mass is 16.4. The van der Waals surface area contributed by atoms with Crippen molar-refractivity contribution in [3.05, 3.63) is 23.4 Å². The maximum atomic E-state index is 9.07. The van der Waals surface area contributed by atoms with Crippen molar-refractivity contribution in [3.8, 4) is 0 Å². The van der Waals surface area contributed by atoms with Gasteiger partial charge in [-0.1, -0.05) is 18.0 Å². The largest absolute Gasteiger partial charge is 0.409 e. The molecule has 1 aliphatic heterocycles. The van der Waals surface area contributed by atoms with Crippen molar-refractivity contribution < 1.29 is 5.21 Å². The van der Waals surface area contributed by atoms with Crippen LogP contribution >= 0.6 is 0 Å². The first-order chi connectivity index (χ1) is 10.2. The van der Waals surface area contributed by atoms with Crippen molar-refractivity contribution in [1.82, 2.24) is 4.98 Å². The summed E-state index contributed by atoms with van der Waals surface area (Å²) in [5.41, 5.74) is 7.68. The second-order valence-corrected chi connectivity index (χ2v) is 6.26. The summed E-state index contributed by atoms with van der Waals surface area (Å²) >= 11 is 0. The molecule has 21 heavy (non-hydrogen) atoms. The molecule has 1 aromatic rings. The van der Waals surface area contributed by atoms with Gasteiger partial charge in [0.15, 0.2) is 5.84 Å². The standard InChI is InChI=1S/C16H24N4O/c1-11-8-9-18-16(14(11)15(17)19-21)20-10-4-7-13(20)12-5-2-3-6-12/h8-9,12-13,21H,2-7,10H2,1H3,(H2,17,19). The van der Waals surface area contributed by atoms with Crippen LogP contribution in [0.25, 0.3) is 0 Å². The Morgan fingerprint density at radius 1 is 1.33 bits per heavy atom. The quantitative estimate of drug-likeness (QED) is 0.388. The molecule has 114 valence electrons. The molecular formula is C16H24N4O. The Kier molecular flexibility index (Phi) is 3.99. The number of aromatic nitrogens is 1. The predicted octanol–water partition coefficient (Wildman–Crippen LogP) is 2.64. The van der Waals surface area contributed by atoms with Crippen molar-refractivity contribution in [2.24, 2.45) is 16.8 Å². The third-order valence-electron chi connectivity index (χ3n) is 5.02. The molecule has 2 fully saturated rings. The Hall–Kier alpha value is -1.78. The zero-order valence-corrected chi connectivity index (χ0v) is 12.6. The van der Waals surface area contributed by atoms with Crippen LogP contribution in [-0.4, -0.2) is 28.6 Å². The van der Waals surface area contributed by atoms with Gasteiger partial charge >= 0.3 is 0 Å². The van der Waals surface area contributed by atoms with E-state index in [9.17, 15) is 0 Å². The number of aryl methyl sites for hydroxylation is 1. The van der Waals surface area contributed by atoms with Crippen LogP contribution in [-0.2, 0) is 0 Å². The molecule has 5 nitrogen and oxygen atoms in total. The molecular weight excluding hydrogens is 264 g/mol. The van der Waals surface area contributed by atoms with Crippen molar-refractivity contribution >= 4 is 11.7 Å². The summed E-state index contributed by atoms with van der Waals surface area (Å²) in [5.74, 6) is 1.82. The Morgan fingerprint density at radius 2 is 2.10 bits per heavy atom. The summed E-state index contributed by atoms with van der Waals surface area (Å²) in [4.78, 5) is 6.97. The monoisotopic (exact) mass is 288 g/mol. The average Bonchev–Trinajstić information content (AvgIpc) is 3.16. The second kappa shape index (κ2) is 5.92. The SMILES string of the molecule is Cc1ccnc(N2CCCC2C2CCCC2)c1/C(N)=N/O. The van der Waals surface area contributed by atoms with E-state index in [1.165, 1.54) is 38.5 Å². The van der Waals surface area contributed by atoms with Crippen LogP contribution in [0.1, 0.15) is 49.7 Å². The lowest BCUT2D eigenvalue weighted by molar-refractivity contribution is 0.318. The average molecular weight is 288 g/mol. The Balaban J connectivity index is 1.97. The molecule has 1 atom stereocenters. The highest BCUT2D eigenvalue weighted by molar-refractivity contribution is 6.02. The molecule has 0 aromatic carbocycles. The van der Waals surface area contributed by atoms with Crippen LogP contribution in [0.4, 0.5) is 5.82 Å². The van der Waals surface area contributed by atoms with Gasteiger partial charge < -0.3 is 15.8 Å². The summed E-state index contributed by atoms with van der Waals surface area (Å²) in [6.45, 7) is 3.00. The van der Waals surface area contributed by atoms with Crippen LogP contribution in [0.5, 0.6) is 0 Å². The van der Waals surface area contributed by atoms with Crippen LogP contribution in [0.2, 0.25) is 0 Å². The summed E-state index contributed by atoms with van der Waals surface area (Å²) in [6, 6.07) is 2.48. The third-order valence-corrected chi connectivity index (χ3v) is 5.02. The molecule has 3 rings (SSSR count). The van der Waals surface area contributed by atoms with E-state index in [4.69, 9.17) is 10.9 Å². The number of anilines is 1. The molecule has 1 saturated carbocycles. The van der Waals surface area contributed by atoms with Gasteiger partial charge in [0, 0.05) is 18.8 Å². The van der Waals surface area contributed by atoms with Crippen molar-refractivity contribution in [2.45, 2.75) is 51.5 Å². The molecule has 0 bridgehead atoms. The summed E-state index contributed by atoms with van der Waals surface area (Å²) < 4.78 is 0. The van der Waals surface area contributed by atoms with Crippen LogP contribution in [0, 0.1) is 12.8 Å². The molecule has 1 saturated heterocycles. The predicted molar refractivity (Wildman–Crippen MR) is 83.8 cm³/mol. The van der Waals surface area contributed by atoms with E-state index in [0.717, 1.165) is 29.4 Å². The Labute approximate surface area is 125 Å². The molecule has 5 heteroatoms. The second-order valence-electron chi connectivity index (χ2n) is 6.26. The molecule has 0 amide bonds. The number of amidine groups is 1. The molecule has 3 N–H and O–H groups in total. The first kappa shape index (κ1) is 14.2. The van der Waals surface area contributed by atoms with E-state index in [2.05, 4.69) is 15.0 Å².